The molecule has 25 heavy (non-hydrogen) atoms. The summed E-state index contributed by atoms with van der Waals surface area (Å²) in [5.74, 6) is -0.0406. The second kappa shape index (κ2) is 6.41. The Morgan fingerprint density at radius 3 is 2.44 bits per heavy atom. The van der Waals surface area contributed by atoms with Crippen LogP contribution in [0.2, 0.25) is 5.02 Å². The van der Waals surface area contributed by atoms with Crippen molar-refractivity contribution < 1.29 is 13.6 Å². The summed E-state index contributed by atoms with van der Waals surface area (Å²) in [6.07, 6.45) is 0. The van der Waals surface area contributed by atoms with E-state index in [1.54, 1.807) is 41.3 Å². The molecule has 0 bridgehead atoms. The van der Waals surface area contributed by atoms with E-state index in [-0.39, 0.29) is 11.7 Å². The van der Waals surface area contributed by atoms with E-state index in [0.717, 1.165) is 11.1 Å². The molecule has 0 aliphatic carbocycles. The first-order chi connectivity index (χ1) is 12.1. The second-order valence-electron chi connectivity index (χ2n) is 6.05. The summed E-state index contributed by atoms with van der Waals surface area (Å²) in [5.41, 5.74) is 1.62. The van der Waals surface area contributed by atoms with E-state index >= 15 is 0 Å². The first-order valence-corrected chi connectivity index (χ1v) is 8.47. The minimum Gasteiger partial charge on any atom is -0.451 e. The van der Waals surface area contributed by atoms with Crippen molar-refractivity contribution in [3.63, 3.8) is 0 Å². The summed E-state index contributed by atoms with van der Waals surface area (Å²) in [6.45, 7) is 2.58. The lowest BCUT2D eigenvalue weighted by Gasteiger charge is -2.35. The number of hydrogen-bond acceptors (Lipinski definition) is 3. The molecule has 2 aromatic carbocycles. The Balaban J connectivity index is 1.46. The largest absolute Gasteiger partial charge is 0.451 e. The van der Waals surface area contributed by atoms with Gasteiger partial charge in [0.25, 0.3) is 5.91 Å². The predicted octanol–water partition coefficient (Wildman–Crippen LogP) is 4.19. The second-order valence-corrected chi connectivity index (χ2v) is 6.48. The molecule has 1 aromatic heterocycles. The Morgan fingerprint density at radius 1 is 1.00 bits per heavy atom. The zero-order valence-corrected chi connectivity index (χ0v) is 14.2. The molecule has 1 amide bonds. The average Bonchev–Trinajstić information content (AvgIpc) is 3.05. The van der Waals surface area contributed by atoms with Crippen LogP contribution in [0.1, 0.15) is 10.6 Å². The topological polar surface area (TPSA) is 36.7 Å². The molecule has 0 N–H and O–H groups in total. The van der Waals surface area contributed by atoms with E-state index in [0.29, 0.717) is 42.5 Å². The highest BCUT2D eigenvalue weighted by Gasteiger charge is 2.24. The molecular weight excluding hydrogens is 343 g/mol. The molecule has 4 rings (SSSR count). The number of rotatable bonds is 2. The van der Waals surface area contributed by atoms with Gasteiger partial charge in [-0.25, -0.2) is 4.39 Å². The summed E-state index contributed by atoms with van der Waals surface area (Å²) >= 11 is 5.97. The maximum absolute atomic E-state index is 13.0. The molecule has 4 nitrogen and oxygen atoms in total. The van der Waals surface area contributed by atoms with Gasteiger partial charge in [-0.1, -0.05) is 11.6 Å². The van der Waals surface area contributed by atoms with Crippen LogP contribution >= 0.6 is 11.6 Å². The SMILES string of the molecule is O=C(c1cc2cc(Cl)ccc2o1)N1CCN(c2ccc(F)cc2)CC1. The van der Waals surface area contributed by atoms with Crippen LogP contribution in [0.5, 0.6) is 0 Å². The number of amides is 1. The summed E-state index contributed by atoms with van der Waals surface area (Å²) in [4.78, 5) is 16.6. The van der Waals surface area contributed by atoms with Crippen molar-refractivity contribution in [3.05, 3.63) is 65.1 Å². The lowest BCUT2D eigenvalue weighted by atomic mass is 10.2. The highest BCUT2D eigenvalue weighted by molar-refractivity contribution is 6.31. The summed E-state index contributed by atoms with van der Waals surface area (Å²) in [6, 6.07) is 13.4. The minimum absolute atomic E-state index is 0.119. The molecule has 0 unspecified atom stereocenters. The van der Waals surface area contributed by atoms with E-state index in [1.807, 2.05) is 0 Å². The number of benzene rings is 2. The van der Waals surface area contributed by atoms with Crippen LogP contribution in [0.3, 0.4) is 0 Å². The van der Waals surface area contributed by atoms with E-state index in [1.165, 1.54) is 12.1 Å². The fraction of sp³-hybridized carbons (Fsp3) is 0.211. The molecule has 1 aliphatic rings. The van der Waals surface area contributed by atoms with Gasteiger partial charge < -0.3 is 14.2 Å². The van der Waals surface area contributed by atoms with Gasteiger partial charge in [-0.05, 0) is 48.5 Å². The number of nitrogens with zero attached hydrogens (tertiary/aromatic N) is 2. The fourth-order valence-corrected chi connectivity index (χ4v) is 3.28. The summed E-state index contributed by atoms with van der Waals surface area (Å²) in [5, 5.41) is 1.43. The Labute approximate surface area is 149 Å². The van der Waals surface area contributed by atoms with Crippen molar-refractivity contribution in [2.24, 2.45) is 0 Å². The van der Waals surface area contributed by atoms with Crippen LogP contribution in [-0.2, 0) is 0 Å². The quantitative estimate of drug-likeness (QED) is 0.689. The van der Waals surface area contributed by atoms with E-state index < -0.39 is 0 Å². The van der Waals surface area contributed by atoms with Gasteiger partial charge >= 0.3 is 0 Å². The molecule has 1 saturated heterocycles. The van der Waals surface area contributed by atoms with Gasteiger partial charge in [0.05, 0.1) is 0 Å². The molecule has 1 aliphatic heterocycles. The van der Waals surface area contributed by atoms with Crippen LogP contribution in [-0.4, -0.2) is 37.0 Å². The van der Waals surface area contributed by atoms with Gasteiger partial charge in [0.1, 0.15) is 11.4 Å². The van der Waals surface area contributed by atoms with Crippen LogP contribution < -0.4 is 4.90 Å². The maximum Gasteiger partial charge on any atom is 0.289 e. The smallest absolute Gasteiger partial charge is 0.289 e. The highest BCUT2D eigenvalue weighted by atomic mass is 35.5. The molecule has 3 aromatic rings. The van der Waals surface area contributed by atoms with Crippen molar-refractivity contribution >= 4 is 34.2 Å². The Bertz CT molecular complexity index is 915. The van der Waals surface area contributed by atoms with E-state index in [9.17, 15) is 9.18 Å². The Hall–Kier alpha value is -2.53. The molecule has 6 heteroatoms. The lowest BCUT2D eigenvalue weighted by Crippen LogP contribution is -2.48. The number of halogens is 2. The van der Waals surface area contributed by atoms with Gasteiger partial charge in [-0.2, -0.15) is 0 Å². The molecular formula is C19H16ClFN2O2. The number of furan rings is 1. The fourth-order valence-electron chi connectivity index (χ4n) is 3.10. The first-order valence-electron chi connectivity index (χ1n) is 8.09. The van der Waals surface area contributed by atoms with Crippen molar-refractivity contribution in [2.45, 2.75) is 0 Å². The number of piperazine rings is 1. The molecule has 0 saturated carbocycles. The zero-order valence-electron chi connectivity index (χ0n) is 13.4. The van der Waals surface area contributed by atoms with Gasteiger partial charge in [0.2, 0.25) is 0 Å². The van der Waals surface area contributed by atoms with Gasteiger partial charge in [-0.3, -0.25) is 4.79 Å². The maximum atomic E-state index is 13.0. The molecule has 0 spiro atoms. The number of anilines is 1. The normalized spacial score (nSPS) is 15.0. The lowest BCUT2D eigenvalue weighted by molar-refractivity contribution is 0.0717. The Morgan fingerprint density at radius 2 is 1.72 bits per heavy atom. The van der Waals surface area contributed by atoms with Crippen molar-refractivity contribution in [3.8, 4) is 0 Å². The van der Waals surface area contributed by atoms with Gasteiger partial charge in [0.15, 0.2) is 5.76 Å². The van der Waals surface area contributed by atoms with Crippen molar-refractivity contribution in [2.75, 3.05) is 31.1 Å². The van der Waals surface area contributed by atoms with E-state index in [4.69, 9.17) is 16.0 Å². The van der Waals surface area contributed by atoms with Crippen LogP contribution in [0.25, 0.3) is 11.0 Å². The number of hydrogen-bond donors (Lipinski definition) is 0. The molecule has 0 radical (unpaired) electrons. The zero-order chi connectivity index (χ0) is 17.4. The summed E-state index contributed by atoms with van der Waals surface area (Å²) < 4.78 is 18.7. The van der Waals surface area contributed by atoms with Gasteiger partial charge in [-0.15, -0.1) is 0 Å². The van der Waals surface area contributed by atoms with Crippen LogP contribution in [0.4, 0.5) is 10.1 Å². The van der Waals surface area contributed by atoms with Crippen molar-refractivity contribution in [1.29, 1.82) is 0 Å². The van der Waals surface area contributed by atoms with Crippen LogP contribution in [0.15, 0.2) is 52.9 Å². The minimum atomic E-state index is -0.248. The molecule has 2 heterocycles. The summed E-state index contributed by atoms with van der Waals surface area (Å²) in [7, 11) is 0. The predicted molar refractivity (Wildman–Crippen MR) is 95.7 cm³/mol. The van der Waals surface area contributed by atoms with E-state index in [2.05, 4.69) is 4.90 Å². The highest BCUT2D eigenvalue weighted by Crippen LogP contribution is 2.24. The third kappa shape index (κ3) is 3.20. The van der Waals surface area contributed by atoms with Crippen molar-refractivity contribution in [1.82, 2.24) is 4.90 Å². The third-order valence-corrected chi connectivity index (χ3v) is 4.68. The standard InChI is InChI=1S/C19H16ClFN2O2/c20-14-1-6-17-13(11-14)12-18(25-17)19(24)23-9-7-22(8-10-23)16-4-2-15(21)3-5-16/h1-6,11-12H,7-10H2. The first kappa shape index (κ1) is 16.0. The van der Waals surface area contributed by atoms with Crippen LogP contribution in [0, 0.1) is 5.82 Å². The molecule has 0 atom stereocenters. The molecule has 1 fully saturated rings. The molecule has 128 valence electrons. The monoisotopic (exact) mass is 358 g/mol. The number of fused-ring (bicyclic) bond motifs is 1. The average molecular weight is 359 g/mol. The number of carbonyl (C=O) groups excluding carboxylic acids is 1. The van der Waals surface area contributed by atoms with Gasteiger partial charge in [0, 0.05) is 42.3 Å². The Kier molecular flexibility index (Phi) is 4.09. The number of carbonyl (C=O) groups is 1. The third-order valence-electron chi connectivity index (χ3n) is 4.45.